The maximum atomic E-state index is 12.2. The Morgan fingerprint density at radius 3 is 2.80 bits per heavy atom. The molecule has 2 rings (SSSR count). The number of ether oxygens (including phenoxy) is 2. The van der Waals surface area contributed by atoms with E-state index in [4.69, 9.17) is 21.1 Å². The van der Waals surface area contributed by atoms with E-state index >= 15 is 0 Å². The van der Waals surface area contributed by atoms with Crippen molar-refractivity contribution in [3.8, 4) is 5.75 Å². The van der Waals surface area contributed by atoms with Gasteiger partial charge in [0.25, 0.3) is 5.91 Å². The van der Waals surface area contributed by atoms with Crippen LogP contribution in [0.1, 0.15) is 16.8 Å². The van der Waals surface area contributed by atoms with Gasteiger partial charge in [-0.05, 0) is 18.2 Å². The average Bonchev–Trinajstić information content (AvgIpc) is 2.88. The second-order valence-corrected chi connectivity index (χ2v) is 4.93. The number of nitrogens with one attached hydrogen (secondary N) is 1. The molecule has 6 nitrogen and oxygen atoms in total. The van der Waals surface area contributed by atoms with Crippen molar-refractivity contribution >= 4 is 23.5 Å². The fraction of sp³-hybridized carbons (Fsp3) is 0.385. The van der Waals surface area contributed by atoms with Crippen molar-refractivity contribution in [2.75, 3.05) is 20.3 Å². The molecule has 0 aromatic heterocycles. The zero-order chi connectivity index (χ0) is 14.8. The highest BCUT2D eigenvalue weighted by Gasteiger charge is 2.44. The number of aliphatic carboxylic acids is 1. The quantitative estimate of drug-likeness (QED) is 0.876. The molecule has 1 aliphatic heterocycles. The van der Waals surface area contributed by atoms with Crippen molar-refractivity contribution in [1.29, 1.82) is 0 Å². The molecule has 108 valence electrons. The highest BCUT2D eigenvalue weighted by atomic mass is 35.5. The molecular formula is C13H14ClNO5. The minimum atomic E-state index is -1.39. The largest absolute Gasteiger partial charge is 0.496 e. The summed E-state index contributed by atoms with van der Waals surface area (Å²) in [5, 5.41) is 12.2. The number of benzene rings is 1. The number of hydrogen-bond donors (Lipinski definition) is 2. The molecule has 0 saturated carbocycles. The summed E-state index contributed by atoms with van der Waals surface area (Å²) in [4.78, 5) is 23.6. The molecule has 1 aliphatic rings. The number of hydrogen-bond acceptors (Lipinski definition) is 4. The van der Waals surface area contributed by atoms with Gasteiger partial charge >= 0.3 is 5.97 Å². The number of halogens is 1. The van der Waals surface area contributed by atoms with Gasteiger partial charge in [0.1, 0.15) is 5.75 Å². The Hall–Kier alpha value is -1.79. The SMILES string of the molecule is COc1cc(Cl)ccc1C(=O)NC1(C(=O)O)CCOC1. The van der Waals surface area contributed by atoms with E-state index in [2.05, 4.69) is 5.32 Å². The minimum absolute atomic E-state index is 0.0516. The van der Waals surface area contributed by atoms with Crippen LogP contribution in [0.15, 0.2) is 18.2 Å². The Morgan fingerprint density at radius 2 is 2.25 bits per heavy atom. The number of carbonyl (C=O) groups excluding carboxylic acids is 1. The van der Waals surface area contributed by atoms with Crippen molar-refractivity contribution in [3.05, 3.63) is 28.8 Å². The molecule has 2 N–H and O–H groups in total. The first-order chi connectivity index (χ1) is 9.48. The van der Waals surface area contributed by atoms with Crippen LogP contribution >= 0.6 is 11.6 Å². The van der Waals surface area contributed by atoms with Crippen molar-refractivity contribution in [2.24, 2.45) is 0 Å². The number of carboxylic acid groups (broad SMARTS) is 1. The van der Waals surface area contributed by atoms with Crippen LogP contribution in [0.25, 0.3) is 0 Å². The van der Waals surface area contributed by atoms with Gasteiger partial charge in [0.2, 0.25) is 0 Å². The molecule has 1 fully saturated rings. The van der Waals surface area contributed by atoms with Gasteiger partial charge in [-0.25, -0.2) is 4.79 Å². The maximum Gasteiger partial charge on any atom is 0.331 e. The monoisotopic (exact) mass is 299 g/mol. The Bertz CT molecular complexity index is 540. The van der Waals surface area contributed by atoms with E-state index in [9.17, 15) is 14.7 Å². The van der Waals surface area contributed by atoms with Crippen LogP contribution in [0.2, 0.25) is 5.02 Å². The molecule has 0 aliphatic carbocycles. The molecule has 1 saturated heterocycles. The summed E-state index contributed by atoms with van der Waals surface area (Å²) >= 11 is 5.82. The van der Waals surface area contributed by atoms with Gasteiger partial charge in [0.15, 0.2) is 5.54 Å². The molecule has 7 heteroatoms. The van der Waals surface area contributed by atoms with Crippen LogP contribution in [0, 0.1) is 0 Å². The highest BCUT2D eigenvalue weighted by molar-refractivity contribution is 6.30. The van der Waals surface area contributed by atoms with E-state index in [1.165, 1.54) is 25.3 Å². The van der Waals surface area contributed by atoms with Crippen molar-refractivity contribution in [1.82, 2.24) is 5.32 Å². The van der Waals surface area contributed by atoms with Crippen LogP contribution in [0.4, 0.5) is 0 Å². The van der Waals surface area contributed by atoms with Gasteiger partial charge in [0, 0.05) is 18.1 Å². The summed E-state index contributed by atoms with van der Waals surface area (Å²) in [6, 6.07) is 4.52. The maximum absolute atomic E-state index is 12.2. The van der Waals surface area contributed by atoms with E-state index < -0.39 is 17.4 Å². The molecule has 1 aromatic carbocycles. The van der Waals surface area contributed by atoms with Gasteiger partial charge in [0.05, 0.1) is 19.3 Å². The zero-order valence-electron chi connectivity index (χ0n) is 10.8. The van der Waals surface area contributed by atoms with Crippen LogP contribution in [-0.2, 0) is 9.53 Å². The second-order valence-electron chi connectivity index (χ2n) is 4.49. The number of methoxy groups -OCH3 is 1. The smallest absolute Gasteiger partial charge is 0.331 e. The zero-order valence-corrected chi connectivity index (χ0v) is 11.6. The third-order valence-corrected chi connectivity index (χ3v) is 3.43. The number of carbonyl (C=O) groups is 2. The second kappa shape index (κ2) is 5.68. The van der Waals surface area contributed by atoms with Crippen molar-refractivity contribution in [2.45, 2.75) is 12.0 Å². The fourth-order valence-corrected chi connectivity index (χ4v) is 2.19. The third-order valence-electron chi connectivity index (χ3n) is 3.19. The summed E-state index contributed by atoms with van der Waals surface area (Å²) in [6.07, 6.45) is 0.226. The van der Waals surface area contributed by atoms with E-state index in [0.717, 1.165) is 0 Å². The number of rotatable bonds is 4. The Labute approximate surface area is 120 Å². The van der Waals surface area contributed by atoms with E-state index in [1.54, 1.807) is 0 Å². The normalized spacial score (nSPS) is 21.5. The van der Waals surface area contributed by atoms with Gasteiger partial charge in [-0.15, -0.1) is 0 Å². The van der Waals surface area contributed by atoms with Crippen LogP contribution in [0.3, 0.4) is 0 Å². The molecule has 1 atom stereocenters. The molecule has 0 radical (unpaired) electrons. The lowest BCUT2D eigenvalue weighted by atomic mass is 9.98. The van der Waals surface area contributed by atoms with E-state index in [0.29, 0.717) is 11.6 Å². The topological polar surface area (TPSA) is 84.9 Å². The molecule has 20 heavy (non-hydrogen) atoms. The number of amides is 1. The molecule has 1 aromatic rings. The molecular weight excluding hydrogens is 286 g/mol. The lowest BCUT2D eigenvalue weighted by molar-refractivity contribution is -0.144. The first kappa shape index (κ1) is 14.6. The molecule has 1 amide bonds. The average molecular weight is 300 g/mol. The fourth-order valence-electron chi connectivity index (χ4n) is 2.02. The van der Waals surface area contributed by atoms with Crippen molar-refractivity contribution in [3.63, 3.8) is 0 Å². The van der Waals surface area contributed by atoms with Gasteiger partial charge < -0.3 is 19.9 Å². The third kappa shape index (κ3) is 2.71. The lowest BCUT2D eigenvalue weighted by Crippen LogP contribution is -2.55. The Morgan fingerprint density at radius 1 is 1.50 bits per heavy atom. The molecule has 0 bridgehead atoms. The highest BCUT2D eigenvalue weighted by Crippen LogP contribution is 2.25. The van der Waals surface area contributed by atoms with E-state index in [1.807, 2.05) is 0 Å². The predicted octanol–water partition coefficient (Wildman–Crippen LogP) is 1.32. The van der Waals surface area contributed by atoms with Gasteiger partial charge in [-0.1, -0.05) is 11.6 Å². The molecule has 1 unspecified atom stereocenters. The number of carboxylic acids is 1. The van der Waals surface area contributed by atoms with Gasteiger partial charge in [-0.3, -0.25) is 4.79 Å². The van der Waals surface area contributed by atoms with Crippen LogP contribution in [-0.4, -0.2) is 42.8 Å². The Kier molecular flexibility index (Phi) is 4.15. The summed E-state index contributed by atoms with van der Waals surface area (Å²) in [5.74, 6) is -1.36. The summed E-state index contributed by atoms with van der Waals surface area (Å²) in [5.41, 5.74) is -1.16. The summed E-state index contributed by atoms with van der Waals surface area (Å²) < 4.78 is 10.2. The van der Waals surface area contributed by atoms with Gasteiger partial charge in [-0.2, -0.15) is 0 Å². The first-order valence-corrected chi connectivity index (χ1v) is 6.33. The first-order valence-electron chi connectivity index (χ1n) is 5.96. The van der Waals surface area contributed by atoms with Crippen LogP contribution < -0.4 is 10.1 Å². The Balaban J connectivity index is 2.26. The standard InChI is InChI=1S/C13H14ClNO5/c1-19-10-6-8(14)2-3-9(10)11(16)15-13(12(17)18)4-5-20-7-13/h2-3,6H,4-5,7H2,1H3,(H,15,16)(H,17,18). The van der Waals surface area contributed by atoms with Crippen molar-refractivity contribution < 1.29 is 24.2 Å². The summed E-state index contributed by atoms with van der Waals surface area (Å²) in [7, 11) is 1.41. The predicted molar refractivity (Wildman–Crippen MR) is 71.3 cm³/mol. The van der Waals surface area contributed by atoms with Crippen LogP contribution in [0.5, 0.6) is 5.75 Å². The minimum Gasteiger partial charge on any atom is -0.496 e. The molecule has 1 heterocycles. The lowest BCUT2D eigenvalue weighted by Gasteiger charge is -2.24. The van der Waals surface area contributed by atoms with E-state index in [-0.39, 0.29) is 24.3 Å². The summed E-state index contributed by atoms with van der Waals surface area (Å²) in [6.45, 7) is 0.244. The molecule has 0 spiro atoms.